The van der Waals surface area contributed by atoms with E-state index in [9.17, 15) is 27.2 Å². The van der Waals surface area contributed by atoms with Crippen molar-refractivity contribution < 1.29 is 27.2 Å². The molecule has 3 N–H and O–H groups in total. The number of amides is 2. The van der Waals surface area contributed by atoms with Crippen molar-refractivity contribution in [2.24, 2.45) is 5.92 Å². The van der Waals surface area contributed by atoms with E-state index < -0.39 is 36.1 Å². The van der Waals surface area contributed by atoms with Crippen LogP contribution in [0.2, 0.25) is 5.02 Å². The Bertz CT molecular complexity index is 1520. The summed E-state index contributed by atoms with van der Waals surface area (Å²) in [6, 6.07) is 5.70. The number of halogens is 5. The van der Waals surface area contributed by atoms with E-state index >= 15 is 0 Å². The molecular weight excluding hydrogens is 578 g/mol. The van der Waals surface area contributed by atoms with Crippen molar-refractivity contribution >= 4 is 34.7 Å². The van der Waals surface area contributed by atoms with Gasteiger partial charge in [0.1, 0.15) is 24.2 Å². The van der Waals surface area contributed by atoms with Crippen LogP contribution in [0.1, 0.15) is 41.6 Å². The maximum Gasteiger partial charge on any atom is 0.253 e. The smallest absolute Gasteiger partial charge is 0.253 e. The first-order valence-electron chi connectivity index (χ1n) is 13.9. The number of fused-ring (bicyclic) bond motifs is 1. The molecule has 3 aliphatic rings. The summed E-state index contributed by atoms with van der Waals surface area (Å²) in [6.07, 6.45) is -1.34. The van der Waals surface area contributed by atoms with Crippen LogP contribution in [0.15, 0.2) is 30.6 Å². The van der Waals surface area contributed by atoms with Gasteiger partial charge in [-0.15, -0.1) is 0 Å². The molecule has 3 aromatic rings. The number of carbonyl (C=O) groups is 2. The molecule has 0 radical (unpaired) electrons. The van der Waals surface area contributed by atoms with Crippen molar-refractivity contribution in [2.75, 3.05) is 31.9 Å². The van der Waals surface area contributed by atoms with E-state index in [-0.39, 0.29) is 74.2 Å². The number of hydrogen-bond donors (Lipinski definition) is 2. The predicted octanol–water partition coefficient (Wildman–Crippen LogP) is 3.89. The summed E-state index contributed by atoms with van der Waals surface area (Å²) >= 11 is 6.39. The summed E-state index contributed by atoms with van der Waals surface area (Å²) in [5.74, 6) is -3.79. The van der Waals surface area contributed by atoms with Crippen LogP contribution in [0.4, 0.5) is 23.4 Å². The lowest BCUT2D eigenvalue weighted by atomic mass is 9.82. The van der Waals surface area contributed by atoms with Crippen LogP contribution in [0.5, 0.6) is 0 Å². The first-order chi connectivity index (χ1) is 20.0. The zero-order chi connectivity index (χ0) is 29.8. The molecule has 0 bridgehead atoms. The van der Waals surface area contributed by atoms with Crippen LogP contribution < -0.4 is 11.1 Å². The number of nitrogen functional groups attached to an aromatic ring is 1. The van der Waals surface area contributed by atoms with Gasteiger partial charge in [0.2, 0.25) is 5.91 Å². The number of benzene rings is 1. The summed E-state index contributed by atoms with van der Waals surface area (Å²) in [6.45, 7) is 0.645. The molecule has 2 amide bonds. The number of piperidine rings is 1. The van der Waals surface area contributed by atoms with E-state index in [2.05, 4.69) is 15.4 Å². The number of carbonyl (C=O) groups excluding carboxylic acids is 2. The highest BCUT2D eigenvalue weighted by atomic mass is 35.5. The maximum absolute atomic E-state index is 14.8. The van der Waals surface area contributed by atoms with Gasteiger partial charge in [0.15, 0.2) is 5.82 Å². The fourth-order valence-electron chi connectivity index (χ4n) is 5.94. The standard InChI is InChI=1S/C28H30ClF4N7O2/c29-20-2-1-15(9-19(20)26(41)37-22-13-39(12-21(22)31)27(42)16-7-18(30)8-16)23-10-17(24-25(34)35-14-36-40(23)24)11-38-5-3-28(32,33)4-6-38/h1-2,9-10,14,16,18,21-22H,3-8,11-13H2,(H,37,41)(H2,34,35,36)/t16?,18?,21-,22+/m0/s1. The third-order valence-electron chi connectivity index (χ3n) is 8.46. The van der Waals surface area contributed by atoms with Crippen LogP contribution in [-0.4, -0.2) is 86.7 Å². The second-order valence-electron chi connectivity index (χ2n) is 11.4. The third kappa shape index (κ3) is 5.51. The molecule has 224 valence electrons. The number of aromatic nitrogens is 3. The van der Waals surface area contributed by atoms with Crippen LogP contribution in [0.3, 0.4) is 0 Å². The fourth-order valence-corrected chi connectivity index (χ4v) is 6.15. The molecule has 2 aromatic heterocycles. The average Bonchev–Trinajstić information content (AvgIpc) is 3.49. The van der Waals surface area contributed by atoms with Gasteiger partial charge in [-0.1, -0.05) is 17.7 Å². The molecule has 1 aliphatic carbocycles. The molecule has 14 heteroatoms. The second-order valence-corrected chi connectivity index (χ2v) is 11.8. The minimum absolute atomic E-state index is 0.0121. The summed E-state index contributed by atoms with van der Waals surface area (Å²) in [7, 11) is 0. The Kier molecular flexibility index (Phi) is 7.50. The third-order valence-corrected chi connectivity index (χ3v) is 8.79. The van der Waals surface area contributed by atoms with Gasteiger partial charge in [-0.25, -0.2) is 27.1 Å². The van der Waals surface area contributed by atoms with Crippen molar-refractivity contribution in [3.63, 3.8) is 0 Å². The van der Waals surface area contributed by atoms with Gasteiger partial charge in [0, 0.05) is 50.5 Å². The quantitative estimate of drug-likeness (QED) is 0.412. The Morgan fingerprint density at radius 2 is 1.86 bits per heavy atom. The molecule has 3 fully saturated rings. The molecule has 6 rings (SSSR count). The van der Waals surface area contributed by atoms with Gasteiger partial charge in [-0.2, -0.15) is 5.10 Å². The van der Waals surface area contributed by atoms with Crippen molar-refractivity contribution in [3.05, 3.63) is 46.7 Å². The molecular formula is C28H30ClF4N7O2. The Hall–Kier alpha value is -3.45. The lowest BCUT2D eigenvalue weighted by Gasteiger charge is -2.31. The number of anilines is 1. The van der Waals surface area contributed by atoms with Crippen LogP contribution in [0, 0.1) is 5.92 Å². The molecule has 42 heavy (non-hydrogen) atoms. The topological polar surface area (TPSA) is 109 Å². The Labute approximate surface area is 244 Å². The number of alkyl halides is 4. The normalized spacial score (nSPS) is 25.9. The Morgan fingerprint density at radius 1 is 1.12 bits per heavy atom. The summed E-state index contributed by atoms with van der Waals surface area (Å²) in [5, 5.41) is 7.15. The van der Waals surface area contributed by atoms with Gasteiger partial charge >= 0.3 is 0 Å². The molecule has 0 spiro atoms. The van der Waals surface area contributed by atoms with E-state index in [4.69, 9.17) is 17.3 Å². The molecule has 2 aliphatic heterocycles. The summed E-state index contributed by atoms with van der Waals surface area (Å²) in [5.41, 5.74) is 8.72. The minimum atomic E-state index is -2.67. The summed E-state index contributed by atoms with van der Waals surface area (Å²) < 4.78 is 57.0. The average molecular weight is 608 g/mol. The first kappa shape index (κ1) is 28.7. The molecule has 1 aromatic carbocycles. The van der Waals surface area contributed by atoms with Crippen molar-refractivity contribution in [2.45, 2.75) is 56.5 Å². The largest absolute Gasteiger partial charge is 0.382 e. The van der Waals surface area contributed by atoms with Gasteiger partial charge < -0.3 is 16.0 Å². The minimum Gasteiger partial charge on any atom is -0.382 e. The van der Waals surface area contributed by atoms with Crippen LogP contribution >= 0.6 is 11.6 Å². The van der Waals surface area contributed by atoms with E-state index in [0.29, 0.717) is 23.3 Å². The van der Waals surface area contributed by atoms with Crippen molar-refractivity contribution in [3.8, 4) is 11.3 Å². The lowest BCUT2D eigenvalue weighted by Crippen LogP contribution is -2.44. The SMILES string of the molecule is Nc1ncnn2c(-c3ccc(Cl)c(C(=O)N[C@@H]4CN(C(=O)C5CC(F)C5)C[C@@H]4F)c3)cc(CN3CCC(F)(F)CC3)c12. The van der Waals surface area contributed by atoms with E-state index in [1.54, 1.807) is 22.7 Å². The van der Waals surface area contributed by atoms with Crippen LogP contribution in [-0.2, 0) is 11.3 Å². The predicted molar refractivity (Wildman–Crippen MR) is 148 cm³/mol. The number of nitrogens with one attached hydrogen (secondary N) is 1. The molecule has 1 saturated carbocycles. The monoisotopic (exact) mass is 607 g/mol. The second kappa shape index (κ2) is 11.0. The summed E-state index contributed by atoms with van der Waals surface area (Å²) in [4.78, 5) is 33.2. The highest BCUT2D eigenvalue weighted by Crippen LogP contribution is 2.35. The maximum atomic E-state index is 14.8. The fraction of sp³-hybridized carbons (Fsp3) is 0.500. The Balaban J connectivity index is 1.22. The van der Waals surface area contributed by atoms with Gasteiger partial charge in [-0.3, -0.25) is 14.5 Å². The zero-order valence-corrected chi connectivity index (χ0v) is 23.3. The molecule has 2 atom stereocenters. The molecule has 2 saturated heterocycles. The van der Waals surface area contributed by atoms with E-state index in [1.165, 1.54) is 11.2 Å². The molecule has 4 heterocycles. The highest BCUT2D eigenvalue weighted by Gasteiger charge is 2.43. The number of nitrogens with two attached hydrogens (primary N) is 1. The lowest BCUT2D eigenvalue weighted by molar-refractivity contribution is -0.139. The first-order valence-corrected chi connectivity index (χ1v) is 14.3. The van der Waals surface area contributed by atoms with Gasteiger partial charge in [0.25, 0.3) is 11.8 Å². The van der Waals surface area contributed by atoms with Crippen molar-refractivity contribution in [1.82, 2.24) is 29.7 Å². The van der Waals surface area contributed by atoms with Crippen LogP contribution in [0.25, 0.3) is 16.8 Å². The molecule has 0 unspecified atom stereocenters. The highest BCUT2D eigenvalue weighted by molar-refractivity contribution is 6.34. The molecule has 9 nitrogen and oxygen atoms in total. The number of rotatable bonds is 6. The van der Waals surface area contributed by atoms with E-state index in [0.717, 1.165) is 5.56 Å². The van der Waals surface area contributed by atoms with Gasteiger partial charge in [-0.05, 0) is 36.6 Å². The van der Waals surface area contributed by atoms with Crippen molar-refractivity contribution in [1.29, 1.82) is 0 Å². The van der Waals surface area contributed by atoms with Gasteiger partial charge in [0.05, 0.1) is 28.9 Å². The van der Waals surface area contributed by atoms with E-state index in [1.807, 2.05) is 11.0 Å². The number of likely N-dealkylation sites (tertiary alicyclic amines) is 2. The number of hydrogen-bond acceptors (Lipinski definition) is 6. The number of nitrogens with zero attached hydrogens (tertiary/aromatic N) is 5. The zero-order valence-electron chi connectivity index (χ0n) is 22.6. The Morgan fingerprint density at radius 3 is 2.57 bits per heavy atom.